The van der Waals surface area contributed by atoms with Gasteiger partial charge in [0.2, 0.25) is 5.95 Å². The summed E-state index contributed by atoms with van der Waals surface area (Å²) in [4.78, 5) is 4.12. The van der Waals surface area contributed by atoms with Crippen LogP contribution in [0.25, 0.3) is 0 Å². The topological polar surface area (TPSA) is 29.9 Å². The van der Waals surface area contributed by atoms with Crippen LogP contribution in [-0.2, 0) is 6.54 Å². The Kier molecular flexibility index (Phi) is 3.37. The minimum atomic E-state index is -0.872. The van der Waals surface area contributed by atoms with Crippen LogP contribution in [0.5, 0.6) is 0 Å². The van der Waals surface area contributed by atoms with Crippen LogP contribution in [0.3, 0.4) is 0 Å². The summed E-state index contributed by atoms with van der Waals surface area (Å²) in [5.74, 6) is -1.10. The summed E-state index contributed by atoms with van der Waals surface area (Å²) in [6.07, 6.45) is 4.48. The standard InChI is InChI=1S/C12H13F2N3/c1-2-6-17-7-5-15-12(17)16-9-3-4-10(13)11(14)8-9/h3-5,7-8H,2,6H2,1H3,(H,15,16). The van der Waals surface area contributed by atoms with E-state index in [-0.39, 0.29) is 0 Å². The summed E-state index contributed by atoms with van der Waals surface area (Å²) in [6.45, 7) is 2.88. The van der Waals surface area contributed by atoms with E-state index in [4.69, 9.17) is 0 Å². The van der Waals surface area contributed by atoms with Gasteiger partial charge >= 0.3 is 0 Å². The molecule has 0 aliphatic carbocycles. The fraction of sp³-hybridized carbons (Fsp3) is 0.250. The van der Waals surface area contributed by atoms with Gasteiger partial charge in [-0.25, -0.2) is 13.8 Å². The van der Waals surface area contributed by atoms with Crippen molar-refractivity contribution in [2.75, 3.05) is 5.32 Å². The van der Waals surface area contributed by atoms with Crippen molar-refractivity contribution in [1.29, 1.82) is 0 Å². The monoisotopic (exact) mass is 237 g/mol. The molecule has 2 aromatic rings. The third-order valence-corrected chi connectivity index (χ3v) is 2.36. The summed E-state index contributed by atoms with van der Waals surface area (Å²) in [7, 11) is 0. The van der Waals surface area contributed by atoms with Crippen molar-refractivity contribution < 1.29 is 8.78 Å². The van der Waals surface area contributed by atoms with Crippen LogP contribution in [0.15, 0.2) is 30.6 Å². The van der Waals surface area contributed by atoms with Gasteiger partial charge in [0.05, 0.1) is 0 Å². The molecule has 0 aliphatic rings. The van der Waals surface area contributed by atoms with Crippen LogP contribution in [-0.4, -0.2) is 9.55 Å². The molecule has 0 amide bonds. The molecule has 0 unspecified atom stereocenters. The fourth-order valence-electron chi connectivity index (χ4n) is 1.56. The maximum atomic E-state index is 13.0. The van der Waals surface area contributed by atoms with Crippen molar-refractivity contribution in [3.8, 4) is 0 Å². The second-order valence-electron chi connectivity index (χ2n) is 3.70. The van der Waals surface area contributed by atoms with Crippen molar-refractivity contribution in [3.63, 3.8) is 0 Å². The van der Waals surface area contributed by atoms with Gasteiger partial charge in [0, 0.05) is 30.7 Å². The third kappa shape index (κ3) is 2.61. The van der Waals surface area contributed by atoms with E-state index in [0.29, 0.717) is 11.6 Å². The zero-order chi connectivity index (χ0) is 12.3. The Morgan fingerprint density at radius 2 is 2.12 bits per heavy atom. The van der Waals surface area contributed by atoms with Crippen molar-refractivity contribution >= 4 is 11.6 Å². The van der Waals surface area contributed by atoms with E-state index < -0.39 is 11.6 Å². The predicted molar refractivity (Wildman–Crippen MR) is 62.2 cm³/mol. The first kappa shape index (κ1) is 11.6. The highest BCUT2D eigenvalue weighted by Gasteiger charge is 2.05. The molecule has 3 nitrogen and oxygen atoms in total. The van der Waals surface area contributed by atoms with Crippen LogP contribution in [0, 0.1) is 11.6 Å². The first-order chi connectivity index (χ1) is 8.20. The van der Waals surface area contributed by atoms with Gasteiger partial charge in [-0.05, 0) is 18.6 Å². The molecule has 2 rings (SSSR count). The minimum absolute atomic E-state index is 0.479. The van der Waals surface area contributed by atoms with E-state index >= 15 is 0 Å². The van der Waals surface area contributed by atoms with Crippen molar-refractivity contribution in [3.05, 3.63) is 42.2 Å². The van der Waals surface area contributed by atoms with E-state index in [2.05, 4.69) is 17.2 Å². The van der Waals surface area contributed by atoms with E-state index in [1.165, 1.54) is 6.07 Å². The summed E-state index contributed by atoms with van der Waals surface area (Å²) in [5.41, 5.74) is 0.479. The zero-order valence-corrected chi connectivity index (χ0v) is 9.45. The average molecular weight is 237 g/mol. The molecule has 1 aromatic carbocycles. The maximum absolute atomic E-state index is 13.0. The number of rotatable bonds is 4. The van der Waals surface area contributed by atoms with Crippen molar-refractivity contribution in [2.24, 2.45) is 0 Å². The molecular formula is C12H13F2N3. The lowest BCUT2D eigenvalue weighted by Crippen LogP contribution is -2.03. The van der Waals surface area contributed by atoms with Gasteiger partial charge in [0.15, 0.2) is 11.6 Å². The zero-order valence-electron chi connectivity index (χ0n) is 9.45. The molecule has 1 N–H and O–H groups in total. The van der Waals surface area contributed by atoms with Crippen LogP contribution in [0.1, 0.15) is 13.3 Å². The molecule has 0 saturated heterocycles. The van der Waals surface area contributed by atoms with E-state index in [0.717, 1.165) is 25.1 Å². The molecule has 1 heterocycles. The lowest BCUT2D eigenvalue weighted by atomic mass is 10.3. The SMILES string of the molecule is CCCn1ccnc1Nc1ccc(F)c(F)c1. The molecular weight excluding hydrogens is 224 g/mol. The summed E-state index contributed by atoms with van der Waals surface area (Å²) in [5, 5.41) is 2.95. The normalized spacial score (nSPS) is 10.5. The van der Waals surface area contributed by atoms with E-state index in [9.17, 15) is 8.78 Å². The van der Waals surface area contributed by atoms with Gasteiger partial charge in [-0.15, -0.1) is 0 Å². The molecule has 90 valence electrons. The molecule has 0 radical (unpaired) electrons. The van der Waals surface area contributed by atoms with E-state index in [1.807, 2.05) is 10.8 Å². The Balaban J connectivity index is 2.19. The van der Waals surface area contributed by atoms with Crippen LogP contribution >= 0.6 is 0 Å². The third-order valence-electron chi connectivity index (χ3n) is 2.36. The van der Waals surface area contributed by atoms with Gasteiger partial charge in [0.1, 0.15) is 0 Å². The number of imidazole rings is 1. The molecule has 0 aliphatic heterocycles. The summed E-state index contributed by atoms with van der Waals surface area (Å²) >= 11 is 0. The van der Waals surface area contributed by atoms with Crippen molar-refractivity contribution in [2.45, 2.75) is 19.9 Å². The second kappa shape index (κ2) is 4.95. The Morgan fingerprint density at radius 3 is 2.82 bits per heavy atom. The van der Waals surface area contributed by atoms with E-state index in [1.54, 1.807) is 6.20 Å². The Labute approximate surface area is 98.1 Å². The second-order valence-corrected chi connectivity index (χ2v) is 3.70. The highest BCUT2D eigenvalue weighted by atomic mass is 19.2. The van der Waals surface area contributed by atoms with Gasteiger partial charge in [-0.2, -0.15) is 0 Å². The number of nitrogens with one attached hydrogen (secondary N) is 1. The van der Waals surface area contributed by atoms with Crippen LogP contribution < -0.4 is 5.32 Å². The number of hydrogen-bond acceptors (Lipinski definition) is 2. The fourth-order valence-corrected chi connectivity index (χ4v) is 1.56. The number of benzene rings is 1. The number of aromatic nitrogens is 2. The van der Waals surface area contributed by atoms with Gasteiger partial charge in [-0.3, -0.25) is 0 Å². The smallest absolute Gasteiger partial charge is 0.207 e. The lowest BCUT2D eigenvalue weighted by Gasteiger charge is -2.08. The quantitative estimate of drug-likeness (QED) is 0.884. The Bertz CT molecular complexity index is 508. The number of halogens is 2. The number of anilines is 2. The predicted octanol–water partition coefficient (Wildman–Crippen LogP) is 3.31. The molecule has 5 heteroatoms. The molecule has 0 fully saturated rings. The highest BCUT2D eigenvalue weighted by Crippen LogP contribution is 2.17. The average Bonchev–Trinajstić information content (AvgIpc) is 2.72. The highest BCUT2D eigenvalue weighted by molar-refractivity contribution is 5.53. The Morgan fingerprint density at radius 1 is 1.29 bits per heavy atom. The van der Waals surface area contributed by atoms with Crippen LogP contribution in [0.2, 0.25) is 0 Å². The summed E-state index contributed by atoms with van der Waals surface area (Å²) < 4.78 is 27.7. The maximum Gasteiger partial charge on any atom is 0.207 e. The molecule has 0 saturated carbocycles. The molecule has 17 heavy (non-hydrogen) atoms. The molecule has 1 aromatic heterocycles. The van der Waals surface area contributed by atoms with Gasteiger partial charge in [0.25, 0.3) is 0 Å². The summed E-state index contributed by atoms with van der Waals surface area (Å²) in [6, 6.07) is 3.68. The lowest BCUT2D eigenvalue weighted by molar-refractivity contribution is 0.509. The van der Waals surface area contributed by atoms with Crippen molar-refractivity contribution in [1.82, 2.24) is 9.55 Å². The van der Waals surface area contributed by atoms with Gasteiger partial charge in [-0.1, -0.05) is 6.92 Å². The van der Waals surface area contributed by atoms with Crippen LogP contribution in [0.4, 0.5) is 20.4 Å². The Hall–Kier alpha value is -1.91. The number of nitrogens with zero attached hydrogens (tertiary/aromatic N) is 2. The molecule has 0 bridgehead atoms. The first-order valence-electron chi connectivity index (χ1n) is 5.44. The molecule has 0 atom stereocenters. The molecule has 0 spiro atoms. The largest absolute Gasteiger partial charge is 0.326 e. The minimum Gasteiger partial charge on any atom is -0.326 e. The first-order valence-corrected chi connectivity index (χ1v) is 5.44. The number of hydrogen-bond donors (Lipinski definition) is 1. The number of aryl methyl sites for hydroxylation is 1. The van der Waals surface area contributed by atoms with Gasteiger partial charge < -0.3 is 9.88 Å².